The smallest absolute Gasteiger partial charge is 0.194 e. The van der Waals surface area contributed by atoms with Crippen LogP contribution in [-0.2, 0) is 0 Å². The molecule has 1 aliphatic carbocycles. The summed E-state index contributed by atoms with van der Waals surface area (Å²) in [4.78, 5) is 14.5. The zero-order valence-electron chi connectivity index (χ0n) is 14.8. The van der Waals surface area contributed by atoms with Crippen LogP contribution < -0.4 is 9.47 Å². The number of allylic oxidation sites excluding steroid dienone is 1. The summed E-state index contributed by atoms with van der Waals surface area (Å²) in [6, 6.07) is 3.83. The first kappa shape index (κ1) is 17.4. The topological polar surface area (TPSA) is 38.8 Å². The monoisotopic (exact) mass is 317 g/mol. The summed E-state index contributed by atoms with van der Waals surface area (Å²) in [6.07, 6.45) is 6.74. The second-order valence-electron chi connectivity index (χ2n) is 6.59. The van der Waals surface area contributed by atoms with E-state index in [4.69, 9.17) is 9.47 Å². The van der Waals surface area contributed by atoms with Crippen LogP contribution in [0, 0.1) is 12.8 Å². The van der Waals surface area contributed by atoms with Gasteiger partial charge in [0.25, 0.3) is 0 Å². The van der Waals surface area contributed by atoms with Crippen molar-refractivity contribution >= 4 is 5.78 Å². The number of carbonyl (C=O) groups excluding carboxylic acids is 1. The Morgan fingerprint density at radius 3 is 2.61 bits per heavy atom. The van der Waals surface area contributed by atoms with Crippen molar-refractivity contribution in [1.29, 1.82) is 0 Å². The van der Waals surface area contributed by atoms with E-state index in [9.17, 15) is 4.79 Å². The van der Waals surface area contributed by atoms with Crippen LogP contribution in [0.5, 0.6) is 11.5 Å². The highest BCUT2D eigenvalue weighted by Gasteiger charge is 2.26. The third-order valence-electron chi connectivity index (χ3n) is 4.23. The molecule has 0 amide bonds. The Balaban J connectivity index is 2.35. The Morgan fingerprint density at radius 1 is 1.30 bits per heavy atom. The molecule has 4 heteroatoms. The van der Waals surface area contributed by atoms with Gasteiger partial charge in [0.05, 0.1) is 13.2 Å². The Hall–Kier alpha value is -1.97. The van der Waals surface area contributed by atoms with Gasteiger partial charge in [-0.2, -0.15) is 0 Å². The standard InChI is InChI=1S/C19H27NO3/c1-13-6-8-15(12-13)23-17-9-7-14(2)19(22-5)18(17)16(21)10-11-20(3)4/h7,9-11,13,15H,6,8,12H2,1-5H3/b11-10+/t13-,15+/m0/s1. The number of hydrogen-bond donors (Lipinski definition) is 0. The van der Waals surface area contributed by atoms with Crippen molar-refractivity contribution in [3.63, 3.8) is 0 Å². The van der Waals surface area contributed by atoms with Gasteiger partial charge in [0, 0.05) is 26.4 Å². The minimum atomic E-state index is -0.0969. The highest BCUT2D eigenvalue weighted by molar-refractivity contribution is 6.08. The van der Waals surface area contributed by atoms with Crippen molar-refractivity contribution in [3.8, 4) is 11.5 Å². The van der Waals surface area contributed by atoms with E-state index in [2.05, 4.69) is 6.92 Å². The lowest BCUT2D eigenvalue weighted by atomic mass is 10.0. The zero-order chi connectivity index (χ0) is 17.0. The van der Waals surface area contributed by atoms with Crippen molar-refractivity contribution in [2.75, 3.05) is 21.2 Å². The fraction of sp³-hybridized carbons (Fsp3) is 0.526. The molecule has 0 N–H and O–H groups in total. The number of nitrogens with zero attached hydrogens (tertiary/aromatic N) is 1. The van der Waals surface area contributed by atoms with Crippen molar-refractivity contribution < 1.29 is 14.3 Å². The highest BCUT2D eigenvalue weighted by atomic mass is 16.5. The van der Waals surface area contributed by atoms with Crippen LogP contribution >= 0.6 is 0 Å². The number of ketones is 1. The van der Waals surface area contributed by atoms with Crippen LogP contribution in [0.2, 0.25) is 0 Å². The van der Waals surface area contributed by atoms with E-state index in [-0.39, 0.29) is 11.9 Å². The van der Waals surface area contributed by atoms with Crippen molar-refractivity contribution in [1.82, 2.24) is 4.90 Å². The molecule has 1 aromatic rings. The van der Waals surface area contributed by atoms with Gasteiger partial charge in [0.1, 0.15) is 17.1 Å². The van der Waals surface area contributed by atoms with Crippen LogP contribution in [0.1, 0.15) is 42.1 Å². The Labute approximate surface area is 139 Å². The molecule has 0 radical (unpaired) electrons. The van der Waals surface area contributed by atoms with E-state index in [1.54, 1.807) is 19.4 Å². The van der Waals surface area contributed by atoms with Crippen LogP contribution in [0.3, 0.4) is 0 Å². The van der Waals surface area contributed by atoms with Crippen LogP contribution in [-0.4, -0.2) is 38.0 Å². The van der Waals surface area contributed by atoms with E-state index in [1.165, 1.54) is 6.42 Å². The summed E-state index contributed by atoms with van der Waals surface area (Å²) in [7, 11) is 5.36. The lowest BCUT2D eigenvalue weighted by Crippen LogP contribution is -2.15. The van der Waals surface area contributed by atoms with E-state index in [0.717, 1.165) is 18.4 Å². The minimum Gasteiger partial charge on any atom is -0.496 e. The first-order valence-corrected chi connectivity index (χ1v) is 8.15. The zero-order valence-corrected chi connectivity index (χ0v) is 14.8. The van der Waals surface area contributed by atoms with Gasteiger partial charge in [-0.05, 0) is 43.7 Å². The average molecular weight is 317 g/mol. The summed E-state index contributed by atoms with van der Waals surface area (Å²) in [5, 5.41) is 0. The number of carbonyl (C=O) groups is 1. The molecule has 0 aliphatic heterocycles. The highest BCUT2D eigenvalue weighted by Crippen LogP contribution is 2.36. The summed E-state index contributed by atoms with van der Waals surface area (Å²) < 4.78 is 11.6. The maximum Gasteiger partial charge on any atom is 0.194 e. The van der Waals surface area contributed by atoms with Gasteiger partial charge in [-0.15, -0.1) is 0 Å². The molecule has 0 heterocycles. The average Bonchev–Trinajstić information content (AvgIpc) is 2.91. The molecule has 1 saturated carbocycles. The Bertz CT molecular complexity index is 593. The molecule has 2 atom stereocenters. The van der Waals surface area contributed by atoms with Gasteiger partial charge in [-0.3, -0.25) is 4.79 Å². The minimum absolute atomic E-state index is 0.0969. The van der Waals surface area contributed by atoms with E-state index in [1.807, 2.05) is 38.1 Å². The van der Waals surface area contributed by atoms with Gasteiger partial charge < -0.3 is 14.4 Å². The number of methoxy groups -OCH3 is 1. The van der Waals surface area contributed by atoms with E-state index >= 15 is 0 Å². The number of rotatable bonds is 6. The lowest BCUT2D eigenvalue weighted by molar-refractivity contribution is 0.103. The fourth-order valence-electron chi connectivity index (χ4n) is 3.00. The molecule has 1 fully saturated rings. The normalized spacial score (nSPS) is 20.7. The quantitative estimate of drug-likeness (QED) is 0.590. The summed E-state index contributed by atoms with van der Waals surface area (Å²) in [5.41, 5.74) is 1.45. The molecular formula is C19H27NO3. The second-order valence-corrected chi connectivity index (χ2v) is 6.59. The Morgan fingerprint density at radius 2 is 2.04 bits per heavy atom. The van der Waals surface area contributed by atoms with E-state index < -0.39 is 0 Å². The molecule has 0 aromatic heterocycles. The Kier molecular flexibility index (Phi) is 5.69. The van der Waals surface area contributed by atoms with Gasteiger partial charge in [0.15, 0.2) is 5.78 Å². The molecule has 0 saturated heterocycles. The number of hydrogen-bond acceptors (Lipinski definition) is 4. The molecule has 23 heavy (non-hydrogen) atoms. The molecule has 1 aromatic carbocycles. The second kappa shape index (κ2) is 7.53. The third kappa shape index (κ3) is 4.27. The summed E-state index contributed by atoms with van der Waals surface area (Å²) in [5.74, 6) is 1.81. The molecule has 4 nitrogen and oxygen atoms in total. The maximum absolute atomic E-state index is 12.7. The van der Waals surface area contributed by atoms with Crippen molar-refractivity contribution in [2.24, 2.45) is 5.92 Å². The lowest BCUT2D eigenvalue weighted by Gasteiger charge is -2.19. The number of aryl methyl sites for hydroxylation is 1. The molecular weight excluding hydrogens is 290 g/mol. The van der Waals surface area contributed by atoms with Gasteiger partial charge in [0.2, 0.25) is 0 Å². The summed E-state index contributed by atoms with van der Waals surface area (Å²) >= 11 is 0. The van der Waals surface area contributed by atoms with Crippen molar-refractivity contribution in [2.45, 2.75) is 39.2 Å². The van der Waals surface area contributed by atoms with Crippen LogP contribution in [0.15, 0.2) is 24.4 Å². The van der Waals surface area contributed by atoms with Crippen LogP contribution in [0.4, 0.5) is 0 Å². The molecule has 0 spiro atoms. The predicted molar refractivity (Wildman–Crippen MR) is 92.3 cm³/mol. The SMILES string of the molecule is COc1c(C)ccc(O[C@@H]2CC[C@H](C)C2)c1C(=O)/C=C/N(C)C. The predicted octanol–water partition coefficient (Wildman–Crippen LogP) is 3.83. The first-order valence-electron chi connectivity index (χ1n) is 8.15. The van der Waals surface area contributed by atoms with Gasteiger partial charge >= 0.3 is 0 Å². The molecule has 126 valence electrons. The van der Waals surface area contributed by atoms with Gasteiger partial charge in [-0.25, -0.2) is 0 Å². The van der Waals surface area contributed by atoms with Gasteiger partial charge in [-0.1, -0.05) is 13.0 Å². The first-order chi connectivity index (χ1) is 10.9. The third-order valence-corrected chi connectivity index (χ3v) is 4.23. The van der Waals surface area contributed by atoms with E-state index in [0.29, 0.717) is 23.0 Å². The molecule has 1 aliphatic rings. The number of benzene rings is 1. The number of ether oxygens (including phenoxy) is 2. The summed E-state index contributed by atoms with van der Waals surface area (Å²) in [6.45, 7) is 4.18. The molecule has 0 bridgehead atoms. The maximum atomic E-state index is 12.7. The van der Waals surface area contributed by atoms with Crippen molar-refractivity contribution in [3.05, 3.63) is 35.5 Å². The largest absolute Gasteiger partial charge is 0.496 e. The molecule has 0 unspecified atom stereocenters. The molecule has 2 rings (SSSR count). The fourth-order valence-corrected chi connectivity index (χ4v) is 3.00. The van der Waals surface area contributed by atoms with Crippen LogP contribution in [0.25, 0.3) is 0 Å².